The zero-order valence-electron chi connectivity index (χ0n) is 12.5. The van der Waals surface area contributed by atoms with Gasteiger partial charge in [0.1, 0.15) is 11.5 Å². The van der Waals surface area contributed by atoms with Gasteiger partial charge in [-0.05, 0) is 49.8 Å². The van der Waals surface area contributed by atoms with Gasteiger partial charge in [-0.1, -0.05) is 6.92 Å². The molecule has 0 heterocycles. The zero-order valence-corrected chi connectivity index (χ0v) is 13.2. The molecule has 1 saturated carbocycles. The smallest absolute Gasteiger partial charge is 0.255 e. The number of carbonyl (C=O) groups excluding carboxylic acids is 1. The second kappa shape index (κ2) is 6.56. The molecule has 0 atom stereocenters. The highest BCUT2D eigenvalue weighted by atomic mass is 35.5. The monoisotopic (exact) mass is 311 g/mol. The number of ether oxygens (including phenoxy) is 1. The third kappa shape index (κ3) is 3.62. The number of hydrogen-bond donors (Lipinski definition) is 2. The molecule has 2 N–H and O–H groups in total. The van der Waals surface area contributed by atoms with E-state index in [9.17, 15) is 9.90 Å². The average Bonchev–Trinajstić information content (AvgIpc) is 2.50. The van der Waals surface area contributed by atoms with E-state index in [4.69, 9.17) is 16.3 Å². The van der Waals surface area contributed by atoms with Gasteiger partial charge in [-0.25, -0.2) is 0 Å². The summed E-state index contributed by atoms with van der Waals surface area (Å²) < 4.78 is 5.10. The molecule has 0 aliphatic heterocycles. The molecule has 4 nitrogen and oxygen atoms in total. The Bertz CT molecular complexity index is 510. The molecule has 1 aromatic carbocycles. The first-order valence-electron chi connectivity index (χ1n) is 7.25. The van der Waals surface area contributed by atoms with E-state index < -0.39 is 0 Å². The van der Waals surface area contributed by atoms with Crippen molar-refractivity contribution in [3.63, 3.8) is 0 Å². The molecule has 0 aromatic heterocycles. The molecule has 0 unspecified atom stereocenters. The molecule has 2 rings (SSSR count). The molecule has 0 bridgehead atoms. The summed E-state index contributed by atoms with van der Waals surface area (Å²) >= 11 is 6.11. The highest BCUT2D eigenvalue weighted by molar-refractivity contribution is 6.19. The van der Waals surface area contributed by atoms with Gasteiger partial charge in [-0.3, -0.25) is 4.79 Å². The van der Waals surface area contributed by atoms with Crippen LogP contribution in [0.5, 0.6) is 11.5 Å². The van der Waals surface area contributed by atoms with Crippen molar-refractivity contribution in [3.05, 3.63) is 23.8 Å². The third-order valence-electron chi connectivity index (χ3n) is 4.31. The average molecular weight is 312 g/mol. The molecule has 0 radical (unpaired) electrons. The minimum Gasteiger partial charge on any atom is -0.507 e. The van der Waals surface area contributed by atoms with Crippen LogP contribution in [0, 0.1) is 5.92 Å². The number of hydrogen-bond acceptors (Lipinski definition) is 3. The molecular formula is C16H22ClNO3. The fourth-order valence-electron chi connectivity index (χ4n) is 2.74. The van der Waals surface area contributed by atoms with Crippen LogP contribution in [0.1, 0.15) is 43.0 Å². The van der Waals surface area contributed by atoms with Gasteiger partial charge in [-0.2, -0.15) is 0 Å². The molecule has 5 heteroatoms. The summed E-state index contributed by atoms with van der Waals surface area (Å²) in [6.45, 7) is 2.22. The minimum absolute atomic E-state index is 0.0535. The highest BCUT2D eigenvalue weighted by Gasteiger charge is 2.35. The lowest BCUT2D eigenvalue weighted by Crippen LogP contribution is -2.52. The van der Waals surface area contributed by atoms with E-state index in [2.05, 4.69) is 12.2 Å². The van der Waals surface area contributed by atoms with E-state index in [-0.39, 0.29) is 22.8 Å². The Morgan fingerprint density at radius 3 is 2.71 bits per heavy atom. The lowest BCUT2D eigenvalue weighted by Gasteiger charge is -2.38. The SMILES string of the molecule is COc1ccc(O)c(C(=O)NC2(CCl)CCC(C)CC2)c1. The Hall–Kier alpha value is -1.42. The molecule has 1 fully saturated rings. The van der Waals surface area contributed by atoms with Crippen LogP contribution in [0.25, 0.3) is 0 Å². The van der Waals surface area contributed by atoms with E-state index >= 15 is 0 Å². The molecule has 1 aliphatic carbocycles. The molecule has 1 aliphatic rings. The maximum absolute atomic E-state index is 12.5. The minimum atomic E-state index is -0.374. The quantitative estimate of drug-likeness (QED) is 0.839. The van der Waals surface area contributed by atoms with Crippen molar-refractivity contribution in [2.45, 2.75) is 38.1 Å². The fourth-order valence-corrected chi connectivity index (χ4v) is 3.07. The van der Waals surface area contributed by atoms with Crippen LogP contribution in [0.2, 0.25) is 0 Å². The van der Waals surface area contributed by atoms with Crippen molar-refractivity contribution in [1.29, 1.82) is 0 Å². The Morgan fingerprint density at radius 2 is 2.14 bits per heavy atom. The summed E-state index contributed by atoms with van der Waals surface area (Å²) in [5, 5.41) is 12.9. The first-order chi connectivity index (χ1) is 9.99. The van der Waals surface area contributed by atoms with Gasteiger partial charge in [0, 0.05) is 5.88 Å². The first kappa shape index (κ1) is 16.0. The van der Waals surface area contributed by atoms with Crippen molar-refractivity contribution >= 4 is 17.5 Å². The number of nitrogens with one attached hydrogen (secondary N) is 1. The molecular weight excluding hydrogens is 290 g/mol. The highest BCUT2D eigenvalue weighted by Crippen LogP contribution is 2.33. The standard InChI is InChI=1S/C16H22ClNO3/c1-11-5-7-16(10-17,8-6-11)18-15(20)13-9-12(21-2)3-4-14(13)19/h3-4,9,11,19H,5-8,10H2,1-2H3,(H,18,20). The lowest BCUT2D eigenvalue weighted by atomic mass is 9.78. The van der Waals surface area contributed by atoms with Crippen LogP contribution < -0.4 is 10.1 Å². The Balaban J connectivity index is 2.16. The number of rotatable bonds is 4. The molecule has 0 spiro atoms. The predicted molar refractivity (Wildman–Crippen MR) is 83.2 cm³/mol. The summed E-state index contributed by atoms with van der Waals surface area (Å²) in [4.78, 5) is 12.5. The van der Waals surface area contributed by atoms with E-state index in [0.29, 0.717) is 17.5 Å². The van der Waals surface area contributed by atoms with Crippen molar-refractivity contribution in [3.8, 4) is 11.5 Å². The normalized spacial score (nSPS) is 25.4. The Labute approximate surface area is 130 Å². The molecule has 1 aromatic rings. The summed E-state index contributed by atoms with van der Waals surface area (Å²) in [6.07, 6.45) is 3.84. The molecule has 1 amide bonds. The number of phenols is 1. The van der Waals surface area contributed by atoms with Crippen LogP contribution in [0.3, 0.4) is 0 Å². The van der Waals surface area contributed by atoms with Crippen LogP contribution in [0.4, 0.5) is 0 Å². The Kier molecular flexibility index (Phi) is 4.99. The number of amides is 1. The van der Waals surface area contributed by atoms with Gasteiger partial charge in [0.2, 0.25) is 0 Å². The van der Waals surface area contributed by atoms with Crippen molar-refractivity contribution in [1.82, 2.24) is 5.32 Å². The summed E-state index contributed by atoms with van der Waals surface area (Å²) in [7, 11) is 1.52. The van der Waals surface area contributed by atoms with Crippen LogP contribution in [-0.4, -0.2) is 29.5 Å². The first-order valence-corrected chi connectivity index (χ1v) is 7.78. The van der Waals surface area contributed by atoms with E-state index in [1.54, 1.807) is 6.07 Å². The van der Waals surface area contributed by atoms with Gasteiger partial charge in [-0.15, -0.1) is 11.6 Å². The predicted octanol–water partition coefficient (Wildman–Crippen LogP) is 3.32. The fraction of sp³-hybridized carbons (Fsp3) is 0.562. The second-order valence-electron chi connectivity index (χ2n) is 5.93. The number of halogens is 1. The molecule has 116 valence electrons. The van der Waals surface area contributed by atoms with Gasteiger partial charge < -0.3 is 15.2 Å². The number of alkyl halides is 1. The number of carbonyl (C=O) groups is 1. The summed E-state index contributed by atoms with van der Waals surface area (Å²) in [5.41, 5.74) is -0.154. The van der Waals surface area contributed by atoms with Gasteiger partial charge in [0.15, 0.2) is 0 Å². The van der Waals surface area contributed by atoms with E-state index in [1.807, 2.05) is 0 Å². The summed E-state index contributed by atoms with van der Waals surface area (Å²) in [5.74, 6) is 1.23. The molecule has 21 heavy (non-hydrogen) atoms. The topological polar surface area (TPSA) is 58.6 Å². The lowest BCUT2D eigenvalue weighted by molar-refractivity contribution is 0.0869. The van der Waals surface area contributed by atoms with Crippen LogP contribution >= 0.6 is 11.6 Å². The van der Waals surface area contributed by atoms with Crippen molar-refractivity contribution in [2.24, 2.45) is 5.92 Å². The number of aromatic hydroxyl groups is 1. The maximum Gasteiger partial charge on any atom is 0.255 e. The van der Waals surface area contributed by atoms with Crippen molar-refractivity contribution in [2.75, 3.05) is 13.0 Å². The van der Waals surface area contributed by atoms with Crippen LogP contribution in [0.15, 0.2) is 18.2 Å². The van der Waals surface area contributed by atoms with Gasteiger partial charge >= 0.3 is 0 Å². The largest absolute Gasteiger partial charge is 0.507 e. The summed E-state index contributed by atoms with van der Waals surface area (Å²) in [6, 6.07) is 4.62. The number of benzene rings is 1. The van der Waals surface area contributed by atoms with Gasteiger partial charge in [0.05, 0.1) is 18.2 Å². The number of phenolic OH excluding ortho intramolecular Hbond substituents is 1. The van der Waals surface area contributed by atoms with Crippen molar-refractivity contribution < 1.29 is 14.6 Å². The Morgan fingerprint density at radius 1 is 1.48 bits per heavy atom. The number of methoxy groups -OCH3 is 1. The zero-order chi connectivity index (χ0) is 15.5. The molecule has 0 saturated heterocycles. The maximum atomic E-state index is 12.5. The van der Waals surface area contributed by atoms with E-state index in [1.165, 1.54) is 19.2 Å². The second-order valence-corrected chi connectivity index (χ2v) is 6.20. The van der Waals surface area contributed by atoms with Gasteiger partial charge in [0.25, 0.3) is 5.91 Å². The van der Waals surface area contributed by atoms with E-state index in [0.717, 1.165) is 25.7 Å². The van der Waals surface area contributed by atoms with Crippen LogP contribution in [-0.2, 0) is 0 Å². The third-order valence-corrected chi connectivity index (χ3v) is 4.83.